The summed E-state index contributed by atoms with van der Waals surface area (Å²) in [6.07, 6.45) is 0. The SMILES string of the molecule is Cc1cc(C)n2nc(SCC(=O)N3CCN(S(=O)(=O)c4c(C)noc4C)CC3)nc2n1. The van der Waals surface area contributed by atoms with E-state index in [2.05, 4.69) is 20.2 Å². The van der Waals surface area contributed by atoms with E-state index in [0.717, 1.165) is 11.4 Å². The van der Waals surface area contributed by atoms with Gasteiger partial charge in [0, 0.05) is 37.6 Å². The Bertz CT molecular complexity index is 1220. The molecular weight excluding hydrogens is 442 g/mol. The van der Waals surface area contributed by atoms with Gasteiger partial charge in [-0.25, -0.2) is 17.9 Å². The molecule has 0 radical (unpaired) electrons. The molecule has 1 aliphatic heterocycles. The van der Waals surface area contributed by atoms with Crippen LogP contribution in [0.15, 0.2) is 20.6 Å². The van der Waals surface area contributed by atoms with Crippen molar-refractivity contribution >= 4 is 33.5 Å². The first-order valence-electron chi connectivity index (χ1n) is 9.71. The third kappa shape index (κ3) is 4.16. The highest BCUT2D eigenvalue weighted by Crippen LogP contribution is 2.24. The molecule has 1 aliphatic rings. The number of sulfonamides is 1. The lowest BCUT2D eigenvalue weighted by atomic mass is 10.3. The molecule has 31 heavy (non-hydrogen) atoms. The molecule has 1 amide bonds. The molecule has 166 valence electrons. The molecule has 0 bridgehead atoms. The van der Waals surface area contributed by atoms with Crippen LogP contribution in [0.5, 0.6) is 0 Å². The van der Waals surface area contributed by atoms with E-state index in [1.165, 1.54) is 16.1 Å². The van der Waals surface area contributed by atoms with Gasteiger partial charge in [-0.1, -0.05) is 16.9 Å². The number of aryl methyl sites for hydroxylation is 4. The maximum atomic E-state index is 12.9. The van der Waals surface area contributed by atoms with E-state index in [-0.39, 0.29) is 35.4 Å². The molecule has 4 heterocycles. The number of amides is 1. The van der Waals surface area contributed by atoms with Gasteiger partial charge in [-0.2, -0.15) is 9.29 Å². The summed E-state index contributed by atoms with van der Waals surface area (Å²) < 4.78 is 33.8. The molecule has 0 saturated carbocycles. The fraction of sp³-hybridized carbons (Fsp3) is 0.500. The Balaban J connectivity index is 1.36. The Morgan fingerprint density at radius 1 is 1.13 bits per heavy atom. The van der Waals surface area contributed by atoms with Crippen molar-refractivity contribution in [1.29, 1.82) is 0 Å². The van der Waals surface area contributed by atoms with Crippen molar-refractivity contribution in [2.75, 3.05) is 31.9 Å². The van der Waals surface area contributed by atoms with Crippen LogP contribution in [-0.4, -0.2) is 80.2 Å². The number of hydrogen-bond acceptors (Lipinski definition) is 9. The molecule has 11 nitrogen and oxygen atoms in total. The van der Waals surface area contributed by atoms with Crippen molar-refractivity contribution in [3.8, 4) is 0 Å². The van der Waals surface area contributed by atoms with Gasteiger partial charge in [0.25, 0.3) is 5.78 Å². The Morgan fingerprint density at radius 2 is 1.84 bits per heavy atom. The molecule has 0 aromatic carbocycles. The molecule has 1 fully saturated rings. The normalized spacial score (nSPS) is 15.7. The lowest BCUT2D eigenvalue weighted by Crippen LogP contribution is -2.51. The van der Waals surface area contributed by atoms with Crippen molar-refractivity contribution in [2.24, 2.45) is 0 Å². The summed E-state index contributed by atoms with van der Waals surface area (Å²) in [5.41, 5.74) is 2.12. The van der Waals surface area contributed by atoms with Gasteiger partial charge in [0.1, 0.15) is 10.6 Å². The van der Waals surface area contributed by atoms with E-state index < -0.39 is 10.0 Å². The van der Waals surface area contributed by atoms with Crippen LogP contribution in [-0.2, 0) is 14.8 Å². The predicted molar refractivity (Wildman–Crippen MR) is 112 cm³/mol. The van der Waals surface area contributed by atoms with Gasteiger partial charge in [0.15, 0.2) is 5.76 Å². The van der Waals surface area contributed by atoms with Gasteiger partial charge in [-0.15, -0.1) is 5.10 Å². The Labute approximate surface area is 183 Å². The quantitative estimate of drug-likeness (QED) is 0.506. The second-order valence-corrected chi connectivity index (χ2v) is 10.2. The lowest BCUT2D eigenvalue weighted by molar-refractivity contribution is -0.129. The minimum Gasteiger partial charge on any atom is -0.360 e. The summed E-state index contributed by atoms with van der Waals surface area (Å²) in [4.78, 5) is 23.1. The van der Waals surface area contributed by atoms with Gasteiger partial charge in [0.05, 0.1) is 5.75 Å². The Hall–Kier alpha value is -2.51. The number of carbonyl (C=O) groups excluding carboxylic acids is 1. The smallest absolute Gasteiger partial charge is 0.253 e. The second kappa shape index (κ2) is 8.20. The van der Waals surface area contributed by atoms with Gasteiger partial charge in [-0.05, 0) is 33.8 Å². The van der Waals surface area contributed by atoms with E-state index in [4.69, 9.17) is 4.52 Å². The van der Waals surface area contributed by atoms with Crippen LogP contribution in [0.25, 0.3) is 5.78 Å². The van der Waals surface area contributed by atoms with Crippen LogP contribution in [0.2, 0.25) is 0 Å². The molecule has 13 heteroatoms. The third-order valence-electron chi connectivity index (χ3n) is 5.08. The number of fused-ring (bicyclic) bond motifs is 1. The Kier molecular flexibility index (Phi) is 5.75. The largest absolute Gasteiger partial charge is 0.360 e. The van der Waals surface area contributed by atoms with Crippen LogP contribution in [0.1, 0.15) is 22.8 Å². The fourth-order valence-electron chi connectivity index (χ4n) is 3.58. The number of rotatable bonds is 5. The first kappa shape index (κ1) is 21.7. The van der Waals surface area contributed by atoms with Crippen molar-refractivity contribution in [3.63, 3.8) is 0 Å². The van der Waals surface area contributed by atoms with E-state index in [1.807, 2.05) is 19.9 Å². The lowest BCUT2D eigenvalue weighted by Gasteiger charge is -2.33. The predicted octanol–water partition coefficient (Wildman–Crippen LogP) is 0.971. The fourth-order valence-corrected chi connectivity index (χ4v) is 6.01. The first-order valence-corrected chi connectivity index (χ1v) is 12.1. The van der Waals surface area contributed by atoms with Crippen LogP contribution < -0.4 is 0 Å². The highest BCUT2D eigenvalue weighted by Gasteiger charge is 2.34. The summed E-state index contributed by atoms with van der Waals surface area (Å²) in [6.45, 7) is 8.08. The number of carbonyl (C=O) groups is 1. The van der Waals surface area contributed by atoms with Gasteiger partial charge >= 0.3 is 0 Å². The van der Waals surface area contributed by atoms with Gasteiger partial charge in [0.2, 0.25) is 21.1 Å². The second-order valence-electron chi connectivity index (χ2n) is 7.37. The zero-order valence-corrected chi connectivity index (χ0v) is 19.3. The third-order valence-corrected chi connectivity index (χ3v) is 8.05. The summed E-state index contributed by atoms with van der Waals surface area (Å²) in [6, 6.07) is 1.91. The molecule has 0 atom stereocenters. The number of nitrogens with zero attached hydrogens (tertiary/aromatic N) is 7. The summed E-state index contributed by atoms with van der Waals surface area (Å²) in [5, 5.41) is 8.61. The average Bonchev–Trinajstić information content (AvgIpc) is 3.29. The number of thioether (sulfide) groups is 1. The standard InChI is InChI=1S/C18H23N7O4S2/c1-11-9-12(2)25-17(19-11)20-18(21-25)30-10-15(26)23-5-7-24(8-6-23)31(27,28)16-13(3)22-29-14(16)4/h9H,5-8,10H2,1-4H3. The van der Waals surface area contributed by atoms with Crippen LogP contribution in [0, 0.1) is 27.7 Å². The molecule has 0 N–H and O–H groups in total. The Morgan fingerprint density at radius 3 is 2.48 bits per heavy atom. The van der Waals surface area contributed by atoms with E-state index in [9.17, 15) is 13.2 Å². The monoisotopic (exact) mass is 465 g/mol. The number of aromatic nitrogens is 5. The van der Waals surface area contributed by atoms with Crippen molar-refractivity contribution < 1.29 is 17.7 Å². The number of piperazine rings is 1. The summed E-state index contributed by atoms with van der Waals surface area (Å²) >= 11 is 1.24. The summed E-state index contributed by atoms with van der Waals surface area (Å²) in [5.74, 6) is 0.864. The maximum absolute atomic E-state index is 12.9. The molecule has 0 spiro atoms. The molecule has 3 aromatic heterocycles. The molecule has 0 aliphatic carbocycles. The average molecular weight is 466 g/mol. The maximum Gasteiger partial charge on any atom is 0.253 e. The van der Waals surface area contributed by atoms with Gasteiger partial charge in [-0.3, -0.25) is 4.79 Å². The highest BCUT2D eigenvalue weighted by atomic mass is 32.2. The number of hydrogen-bond donors (Lipinski definition) is 0. The topological polar surface area (TPSA) is 127 Å². The van der Waals surface area contributed by atoms with Crippen LogP contribution in [0.4, 0.5) is 0 Å². The molecular formula is C18H23N7O4S2. The van der Waals surface area contributed by atoms with E-state index in [0.29, 0.717) is 29.7 Å². The van der Waals surface area contributed by atoms with Crippen LogP contribution in [0.3, 0.4) is 0 Å². The van der Waals surface area contributed by atoms with Crippen molar-refractivity contribution in [2.45, 2.75) is 37.7 Å². The van der Waals surface area contributed by atoms with Crippen LogP contribution >= 0.6 is 11.8 Å². The summed E-state index contributed by atoms with van der Waals surface area (Å²) in [7, 11) is -3.70. The van der Waals surface area contributed by atoms with Gasteiger partial charge < -0.3 is 9.42 Å². The highest BCUT2D eigenvalue weighted by molar-refractivity contribution is 7.99. The first-order chi connectivity index (χ1) is 14.7. The minimum atomic E-state index is -3.70. The zero-order chi connectivity index (χ0) is 22.3. The van der Waals surface area contributed by atoms with Crippen molar-refractivity contribution in [1.82, 2.24) is 33.9 Å². The minimum absolute atomic E-state index is 0.0842. The van der Waals surface area contributed by atoms with E-state index in [1.54, 1.807) is 23.3 Å². The molecule has 0 unspecified atom stereocenters. The molecule has 4 rings (SSSR count). The molecule has 3 aromatic rings. The van der Waals surface area contributed by atoms with Crippen molar-refractivity contribution in [3.05, 3.63) is 28.9 Å². The zero-order valence-electron chi connectivity index (χ0n) is 17.7. The van der Waals surface area contributed by atoms with E-state index >= 15 is 0 Å². The molecule has 1 saturated heterocycles.